The number of para-hydroxylation sites is 1. The molecule has 0 atom stereocenters. The van der Waals surface area contributed by atoms with E-state index in [1.54, 1.807) is 0 Å². The Kier molecular flexibility index (Phi) is 6.79. The SMILES string of the molecule is COC(=O)/C(Cc1ccc(OCc2ccccc2)cc1)=N\Nc1ccccc1. The Morgan fingerprint density at radius 3 is 2.14 bits per heavy atom. The fraction of sp³-hybridized carbons (Fsp3) is 0.130. The van der Waals surface area contributed by atoms with Crippen LogP contribution in [0.5, 0.6) is 5.75 Å². The molecule has 0 aliphatic heterocycles. The van der Waals surface area contributed by atoms with Gasteiger partial charge in [-0.1, -0.05) is 60.7 Å². The molecule has 0 fully saturated rings. The average molecular weight is 374 g/mol. The number of hydrazone groups is 1. The first-order chi connectivity index (χ1) is 13.7. The third kappa shape index (κ3) is 5.71. The smallest absolute Gasteiger partial charge is 0.354 e. The van der Waals surface area contributed by atoms with Gasteiger partial charge in [-0.05, 0) is 35.4 Å². The van der Waals surface area contributed by atoms with Gasteiger partial charge < -0.3 is 9.47 Å². The van der Waals surface area contributed by atoms with Crippen molar-refractivity contribution >= 4 is 17.4 Å². The largest absolute Gasteiger partial charge is 0.489 e. The highest BCUT2D eigenvalue weighted by Crippen LogP contribution is 2.15. The summed E-state index contributed by atoms with van der Waals surface area (Å²) in [5, 5.41) is 4.22. The quantitative estimate of drug-likeness (QED) is 0.359. The molecule has 3 aromatic rings. The molecule has 0 aliphatic rings. The van der Waals surface area contributed by atoms with Crippen molar-refractivity contribution in [2.24, 2.45) is 5.10 Å². The van der Waals surface area contributed by atoms with Gasteiger partial charge in [0.25, 0.3) is 0 Å². The van der Waals surface area contributed by atoms with Crippen molar-refractivity contribution in [2.45, 2.75) is 13.0 Å². The van der Waals surface area contributed by atoms with E-state index in [4.69, 9.17) is 9.47 Å². The van der Waals surface area contributed by atoms with Crippen LogP contribution in [0.2, 0.25) is 0 Å². The lowest BCUT2D eigenvalue weighted by Crippen LogP contribution is -2.20. The van der Waals surface area contributed by atoms with E-state index >= 15 is 0 Å². The standard InChI is InChI=1S/C23H22N2O3/c1-27-23(26)22(25-24-20-10-6-3-7-11-20)16-18-12-14-21(15-13-18)28-17-19-8-4-2-5-9-19/h2-15,24H,16-17H2,1H3/b25-22-. The zero-order valence-corrected chi connectivity index (χ0v) is 15.7. The van der Waals surface area contributed by atoms with Crippen molar-refractivity contribution in [2.75, 3.05) is 12.5 Å². The molecule has 0 bridgehead atoms. The van der Waals surface area contributed by atoms with Gasteiger partial charge in [0.05, 0.1) is 12.8 Å². The summed E-state index contributed by atoms with van der Waals surface area (Å²) in [5.74, 6) is 0.305. The zero-order valence-electron chi connectivity index (χ0n) is 15.7. The maximum atomic E-state index is 12.0. The number of carbonyl (C=O) groups is 1. The van der Waals surface area contributed by atoms with Crippen LogP contribution in [0.1, 0.15) is 11.1 Å². The van der Waals surface area contributed by atoms with Crippen molar-refractivity contribution in [3.05, 3.63) is 96.1 Å². The van der Waals surface area contributed by atoms with Gasteiger partial charge in [-0.15, -0.1) is 0 Å². The third-order valence-corrected chi connectivity index (χ3v) is 4.06. The van der Waals surface area contributed by atoms with Crippen LogP contribution in [-0.4, -0.2) is 18.8 Å². The van der Waals surface area contributed by atoms with Crippen LogP contribution >= 0.6 is 0 Å². The first kappa shape index (κ1) is 19.2. The van der Waals surface area contributed by atoms with Gasteiger partial charge in [-0.2, -0.15) is 5.10 Å². The lowest BCUT2D eigenvalue weighted by atomic mass is 10.1. The second-order valence-corrected chi connectivity index (χ2v) is 6.12. The minimum atomic E-state index is -0.465. The molecule has 0 heterocycles. The highest BCUT2D eigenvalue weighted by molar-refractivity contribution is 6.37. The Hall–Kier alpha value is -3.60. The second kappa shape index (κ2) is 9.92. The number of anilines is 1. The molecule has 142 valence electrons. The number of nitrogens with zero attached hydrogens (tertiary/aromatic N) is 1. The van der Waals surface area contributed by atoms with Gasteiger partial charge in [0, 0.05) is 6.42 Å². The molecule has 0 aromatic heterocycles. The van der Waals surface area contributed by atoms with Gasteiger partial charge in [-0.3, -0.25) is 5.43 Å². The molecule has 3 aromatic carbocycles. The first-order valence-corrected chi connectivity index (χ1v) is 8.96. The third-order valence-electron chi connectivity index (χ3n) is 4.06. The molecule has 0 saturated carbocycles. The maximum absolute atomic E-state index is 12.0. The molecule has 0 radical (unpaired) electrons. The number of hydrogen-bond donors (Lipinski definition) is 1. The summed E-state index contributed by atoms with van der Waals surface area (Å²) in [5.41, 5.74) is 6.03. The van der Waals surface area contributed by atoms with E-state index in [0.717, 1.165) is 22.6 Å². The summed E-state index contributed by atoms with van der Waals surface area (Å²) in [6.45, 7) is 0.510. The van der Waals surface area contributed by atoms with Crippen LogP contribution in [-0.2, 0) is 22.6 Å². The number of nitrogens with one attached hydrogen (secondary N) is 1. The minimum Gasteiger partial charge on any atom is -0.489 e. The summed E-state index contributed by atoms with van der Waals surface area (Å²) < 4.78 is 10.6. The summed E-state index contributed by atoms with van der Waals surface area (Å²) in [6, 6.07) is 27.0. The number of rotatable bonds is 8. The topological polar surface area (TPSA) is 59.9 Å². The van der Waals surface area contributed by atoms with Gasteiger partial charge >= 0.3 is 5.97 Å². The second-order valence-electron chi connectivity index (χ2n) is 6.12. The predicted molar refractivity (Wildman–Crippen MR) is 110 cm³/mol. The summed E-state index contributed by atoms with van der Waals surface area (Å²) >= 11 is 0. The van der Waals surface area contributed by atoms with Gasteiger partial charge in [-0.25, -0.2) is 4.79 Å². The Morgan fingerprint density at radius 1 is 0.857 bits per heavy atom. The monoisotopic (exact) mass is 374 g/mol. The molecule has 0 unspecified atom stereocenters. The summed E-state index contributed by atoms with van der Waals surface area (Å²) in [4.78, 5) is 12.0. The molecule has 0 saturated heterocycles. The summed E-state index contributed by atoms with van der Waals surface area (Å²) in [7, 11) is 1.35. The number of hydrogen-bond acceptors (Lipinski definition) is 5. The molecular formula is C23H22N2O3. The van der Waals surface area contributed by atoms with Crippen LogP contribution in [0, 0.1) is 0 Å². The maximum Gasteiger partial charge on any atom is 0.354 e. The van der Waals surface area contributed by atoms with Gasteiger partial charge in [0.15, 0.2) is 0 Å². The molecule has 0 aliphatic carbocycles. The normalized spacial score (nSPS) is 11.0. The zero-order chi connectivity index (χ0) is 19.6. The summed E-state index contributed by atoms with van der Waals surface area (Å²) in [6.07, 6.45) is 0.353. The van der Waals surface area contributed by atoms with Gasteiger partial charge in [0.1, 0.15) is 18.1 Å². The fourth-order valence-corrected chi connectivity index (χ4v) is 2.56. The van der Waals surface area contributed by atoms with E-state index in [2.05, 4.69) is 10.5 Å². The number of carbonyl (C=O) groups excluding carboxylic acids is 1. The Bertz CT molecular complexity index is 908. The molecule has 0 amide bonds. The van der Waals surface area contributed by atoms with Crippen molar-refractivity contribution in [1.29, 1.82) is 0 Å². The first-order valence-electron chi connectivity index (χ1n) is 8.96. The number of esters is 1. The molecule has 5 heteroatoms. The van der Waals surface area contributed by atoms with E-state index in [0.29, 0.717) is 18.7 Å². The van der Waals surface area contributed by atoms with Crippen LogP contribution in [0.25, 0.3) is 0 Å². The fourth-order valence-electron chi connectivity index (χ4n) is 2.56. The molecule has 3 rings (SSSR count). The molecular weight excluding hydrogens is 352 g/mol. The van der Waals surface area contributed by atoms with E-state index in [1.807, 2.05) is 84.9 Å². The van der Waals surface area contributed by atoms with Crippen molar-refractivity contribution in [3.8, 4) is 5.75 Å². The highest BCUT2D eigenvalue weighted by atomic mass is 16.5. The van der Waals surface area contributed by atoms with E-state index in [9.17, 15) is 4.79 Å². The van der Waals surface area contributed by atoms with E-state index < -0.39 is 5.97 Å². The molecule has 1 N–H and O–H groups in total. The van der Waals surface area contributed by atoms with Gasteiger partial charge in [0.2, 0.25) is 0 Å². The Labute approximate surface area is 164 Å². The van der Waals surface area contributed by atoms with Crippen LogP contribution < -0.4 is 10.2 Å². The van der Waals surface area contributed by atoms with Crippen LogP contribution in [0.15, 0.2) is 90.0 Å². The predicted octanol–water partition coefficient (Wildman–Crippen LogP) is 4.45. The lowest BCUT2D eigenvalue weighted by Gasteiger charge is -2.09. The number of methoxy groups -OCH3 is 1. The Balaban J connectivity index is 1.63. The Morgan fingerprint density at radius 2 is 1.50 bits per heavy atom. The minimum absolute atomic E-state index is 0.296. The van der Waals surface area contributed by atoms with Crippen molar-refractivity contribution < 1.29 is 14.3 Å². The molecule has 28 heavy (non-hydrogen) atoms. The average Bonchev–Trinajstić information content (AvgIpc) is 2.77. The van der Waals surface area contributed by atoms with E-state index in [-0.39, 0.29) is 0 Å². The van der Waals surface area contributed by atoms with Crippen LogP contribution in [0.3, 0.4) is 0 Å². The highest BCUT2D eigenvalue weighted by Gasteiger charge is 2.13. The van der Waals surface area contributed by atoms with Crippen molar-refractivity contribution in [3.63, 3.8) is 0 Å². The lowest BCUT2D eigenvalue weighted by molar-refractivity contribution is -0.132. The number of ether oxygens (including phenoxy) is 2. The molecule has 0 spiro atoms. The van der Waals surface area contributed by atoms with Crippen molar-refractivity contribution in [1.82, 2.24) is 0 Å². The molecule has 5 nitrogen and oxygen atoms in total. The number of benzene rings is 3. The van der Waals surface area contributed by atoms with E-state index in [1.165, 1.54) is 7.11 Å². The van der Waals surface area contributed by atoms with Crippen LogP contribution in [0.4, 0.5) is 5.69 Å².